The highest BCUT2D eigenvalue weighted by Crippen LogP contribution is 2.32. The molecule has 0 saturated heterocycles. The topological polar surface area (TPSA) is 51.2 Å². The second-order valence-electron chi connectivity index (χ2n) is 4.73. The Bertz CT molecular complexity index is 880. The van der Waals surface area contributed by atoms with Crippen LogP contribution in [0.5, 0.6) is 5.75 Å². The first-order chi connectivity index (χ1) is 11.1. The third-order valence-corrected chi connectivity index (χ3v) is 4.76. The number of halogens is 2. The van der Waals surface area contributed by atoms with Crippen molar-refractivity contribution in [2.75, 3.05) is 19.0 Å². The molecule has 4 nitrogen and oxygen atoms in total. The molecule has 0 aliphatic heterocycles. The van der Waals surface area contributed by atoms with E-state index >= 15 is 0 Å². The standard InChI is InChI=1S/C16H12Cl2N2O2S/c1-22-13-3-2-4-14-15(13)20-16(23-14)19-8-12(21)10-6-5-9(17)7-11(10)18/h2-7H,8H2,1H3,(H,19,20). The first kappa shape index (κ1) is 16.1. The summed E-state index contributed by atoms with van der Waals surface area (Å²) in [7, 11) is 1.60. The van der Waals surface area contributed by atoms with Gasteiger partial charge in [-0.05, 0) is 30.3 Å². The minimum atomic E-state index is -0.127. The summed E-state index contributed by atoms with van der Waals surface area (Å²) in [5.41, 5.74) is 1.21. The molecule has 7 heteroatoms. The zero-order valence-corrected chi connectivity index (χ0v) is 14.4. The summed E-state index contributed by atoms with van der Waals surface area (Å²) in [5, 5.41) is 4.53. The van der Waals surface area contributed by atoms with Crippen LogP contribution in [0.2, 0.25) is 10.0 Å². The smallest absolute Gasteiger partial charge is 0.184 e. The molecule has 0 amide bonds. The van der Waals surface area contributed by atoms with Gasteiger partial charge >= 0.3 is 0 Å². The van der Waals surface area contributed by atoms with Crippen LogP contribution in [-0.2, 0) is 0 Å². The van der Waals surface area contributed by atoms with Gasteiger partial charge in [0, 0.05) is 10.6 Å². The Kier molecular flexibility index (Phi) is 4.71. The van der Waals surface area contributed by atoms with Gasteiger partial charge in [-0.3, -0.25) is 4.79 Å². The molecule has 0 bridgehead atoms. The number of fused-ring (bicyclic) bond motifs is 1. The van der Waals surface area contributed by atoms with Crippen LogP contribution < -0.4 is 10.1 Å². The summed E-state index contributed by atoms with van der Waals surface area (Å²) in [6.45, 7) is 0.101. The quantitative estimate of drug-likeness (QED) is 0.652. The molecule has 1 aromatic heterocycles. The van der Waals surface area contributed by atoms with E-state index in [0.29, 0.717) is 26.5 Å². The number of carbonyl (C=O) groups excluding carboxylic acids is 1. The molecule has 0 fully saturated rings. The first-order valence-corrected chi connectivity index (χ1v) is 8.31. The lowest BCUT2D eigenvalue weighted by atomic mass is 10.1. The predicted molar refractivity (Wildman–Crippen MR) is 95.5 cm³/mol. The Balaban J connectivity index is 1.76. The van der Waals surface area contributed by atoms with E-state index in [1.807, 2.05) is 18.2 Å². The Morgan fingerprint density at radius 2 is 2.13 bits per heavy atom. The highest BCUT2D eigenvalue weighted by atomic mass is 35.5. The summed E-state index contributed by atoms with van der Waals surface area (Å²) < 4.78 is 6.27. The van der Waals surface area contributed by atoms with Crippen LogP contribution in [0, 0.1) is 0 Å². The van der Waals surface area contributed by atoms with Gasteiger partial charge < -0.3 is 10.1 Å². The predicted octanol–water partition coefficient (Wildman–Crippen LogP) is 4.91. The van der Waals surface area contributed by atoms with Crippen molar-refractivity contribution in [2.45, 2.75) is 0 Å². The summed E-state index contributed by atoms with van der Waals surface area (Å²) in [6.07, 6.45) is 0. The highest BCUT2D eigenvalue weighted by molar-refractivity contribution is 7.22. The molecule has 0 atom stereocenters. The van der Waals surface area contributed by atoms with Crippen LogP contribution in [0.4, 0.5) is 5.13 Å². The van der Waals surface area contributed by atoms with E-state index < -0.39 is 0 Å². The Labute approximate surface area is 147 Å². The number of rotatable bonds is 5. The van der Waals surface area contributed by atoms with Crippen molar-refractivity contribution >= 4 is 55.7 Å². The molecule has 0 aliphatic rings. The minimum Gasteiger partial charge on any atom is -0.494 e. The van der Waals surface area contributed by atoms with Crippen molar-refractivity contribution in [1.29, 1.82) is 0 Å². The van der Waals surface area contributed by atoms with E-state index in [-0.39, 0.29) is 12.3 Å². The van der Waals surface area contributed by atoms with Gasteiger partial charge in [-0.15, -0.1) is 0 Å². The van der Waals surface area contributed by atoms with Crippen molar-refractivity contribution < 1.29 is 9.53 Å². The second kappa shape index (κ2) is 6.74. The van der Waals surface area contributed by atoms with Gasteiger partial charge in [0.2, 0.25) is 0 Å². The molecule has 2 aromatic carbocycles. The van der Waals surface area contributed by atoms with Crippen molar-refractivity contribution in [3.8, 4) is 5.75 Å². The van der Waals surface area contributed by atoms with E-state index in [4.69, 9.17) is 27.9 Å². The number of nitrogens with one attached hydrogen (secondary N) is 1. The number of thiazole rings is 1. The average Bonchev–Trinajstić information content (AvgIpc) is 2.95. The van der Waals surface area contributed by atoms with Gasteiger partial charge in [0.15, 0.2) is 10.9 Å². The first-order valence-electron chi connectivity index (χ1n) is 6.74. The Hall–Kier alpha value is -1.82. The van der Waals surface area contributed by atoms with Crippen LogP contribution in [0.1, 0.15) is 10.4 Å². The van der Waals surface area contributed by atoms with Gasteiger partial charge in [0.25, 0.3) is 0 Å². The molecule has 23 heavy (non-hydrogen) atoms. The third kappa shape index (κ3) is 3.42. The number of para-hydroxylation sites is 1. The lowest BCUT2D eigenvalue weighted by Gasteiger charge is -2.04. The molecular weight excluding hydrogens is 355 g/mol. The second-order valence-corrected chi connectivity index (χ2v) is 6.60. The average molecular weight is 367 g/mol. The van der Waals surface area contributed by atoms with E-state index in [0.717, 1.165) is 10.2 Å². The third-order valence-electron chi connectivity index (χ3n) is 3.23. The molecule has 1 heterocycles. The SMILES string of the molecule is COc1cccc2sc(NCC(=O)c3ccc(Cl)cc3Cl)nc12. The Morgan fingerprint density at radius 3 is 2.87 bits per heavy atom. The van der Waals surface area contributed by atoms with Crippen LogP contribution >= 0.6 is 34.5 Å². The lowest BCUT2D eigenvalue weighted by Crippen LogP contribution is -2.14. The highest BCUT2D eigenvalue weighted by Gasteiger charge is 2.13. The summed E-state index contributed by atoms with van der Waals surface area (Å²) in [5.74, 6) is 0.580. The molecule has 0 saturated carbocycles. The monoisotopic (exact) mass is 366 g/mol. The van der Waals surface area contributed by atoms with Crippen molar-refractivity contribution in [3.63, 3.8) is 0 Å². The molecule has 118 valence electrons. The van der Waals surface area contributed by atoms with Crippen molar-refractivity contribution in [1.82, 2.24) is 4.98 Å². The zero-order valence-electron chi connectivity index (χ0n) is 12.1. The van der Waals surface area contributed by atoms with Gasteiger partial charge in [0.05, 0.1) is 23.4 Å². The fourth-order valence-electron chi connectivity index (χ4n) is 2.13. The maximum Gasteiger partial charge on any atom is 0.184 e. The fraction of sp³-hybridized carbons (Fsp3) is 0.125. The van der Waals surface area contributed by atoms with Gasteiger partial charge in [-0.25, -0.2) is 4.98 Å². The number of hydrogen-bond acceptors (Lipinski definition) is 5. The van der Waals surface area contributed by atoms with Gasteiger partial charge in [0.1, 0.15) is 11.3 Å². The minimum absolute atomic E-state index is 0.101. The normalized spacial score (nSPS) is 10.7. The molecule has 3 rings (SSSR count). The molecule has 0 radical (unpaired) electrons. The fourth-order valence-corrected chi connectivity index (χ4v) is 3.52. The number of hydrogen-bond donors (Lipinski definition) is 1. The molecule has 0 aliphatic carbocycles. The maximum atomic E-state index is 12.3. The number of aromatic nitrogens is 1. The van der Waals surface area contributed by atoms with E-state index in [2.05, 4.69) is 10.3 Å². The zero-order chi connectivity index (χ0) is 16.4. The van der Waals surface area contributed by atoms with Crippen LogP contribution in [0.25, 0.3) is 10.2 Å². The van der Waals surface area contributed by atoms with Crippen molar-refractivity contribution in [2.24, 2.45) is 0 Å². The van der Waals surface area contributed by atoms with Crippen LogP contribution in [0.3, 0.4) is 0 Å². The molecule has 1 N–H and O–H groups in total. The number of anilines is 1. The molecule has 0 spiro atoms. The van der Waals surface area contributed by atoms with Crippen LogP contribution in [0.15, 0.2) is 36.4 Å². The molecular formula is C16H12Cl2N2O2S. The number of ketones is 1. The van der Waals surface area contributed by atoms with E-state index in [9.17, 15) is 4.79 Å². The number of methoxy groups -OCH3 is 1. The lowest BCUT2D eigenvalue weighted by molar-refractivity contribution is 0.101. The molecule has 3 aromatic rings. The van der Waals surface area contributed by atoms with Gasteiger partial charge in [-0.2, -0.15) is 0 Å². The number of ether oxygens (including phenoxy) is 1. The van der Waals surface area contributed by atoms with Gasteiger partial charge in [-0.1, -0.05) is 40.6 Å². The maximum absolute atomic E-state index is 12.3. The number of nitrogens with zero attached hydrogens (tertiary/aromatic N) is 1. The summed E-state index contributed by atoms with van der Waals surface area (Å²) in [4.78, 5) is 16.7. The van der Waals surface area contributed by atoms with Crippen molar-refractivity contribution in [3.05, 3.63) is 52.0 Å². The van der Waals surface area contributed by atoms with Crippen LogP contribution in [-0.4, -0.2) is 24.4 Å². The summed E-state index contributed by atoms with van der Waals surface area (Å²) >= 11 is 13.3. The Morgan fingerprint density at radius 1 is 1.30 bits per heavy atom. The number of Topliss-reactive ketones (excluding diaryl/α,β-unsaturated/α-hetero) is 1. The largest absolute Gasteiger partial charge is 0.494 e. The summed E-state index contributed by atoms with van der Waals surface area (Å²) in [6, 6.07) is 10.5. The number of carbonyl (C=O) groups is 1. The number of benzene rings is 2. The van der Waals surface area contributed by atoms with E-state index in [1.54, 1.807) is 25.3 Å². The molecule has 0 unspecified atom stereocenters. The van der Waals surface area contributed by atoms with E-state index in [1.165, 1.54) is 11.3 Å².